The van der Waals surface area contributed by atoms with Gasteiger partial charge >= 0.3 is 5.97 Å². The first kappa shape index (κ1) is 23.7. The average Bonchev–Trinajstić information content (AvgIpc) is 3.10. The van der Waals surface area contributed by atoms with E-state index in [0.29, 0.717) is 19.3 Å². The molecule has 7 atom stereocenters. The van der Waals surface area contributed by atoms with Gasteiger partial charge in [0.1, 0.15) is 6.61 Å². The molecule has 3 saturated carbocycles. The molecule has 0 aromatic rings. The topological polar surface area (TPSA) is 112 Å². The number of carboxylic acids is 1. The van der Waals surface area contributed by atoms with Crippen LogP contribution < -0.4 is 0 Å². The third kappa shape index (κ3) is 2.91. The Morgan fingerprint density at radius 1 is 1.18 bits per heavy atom. The van der Waals surface area contributed by atoms with Gasteiger partial charge in [0, 0.05) is 12.0 Å². The highest BCUT2D eigenvalue weighted by molar-refractivity contribution is 6.12. The number of carbonyl (C=O) groups excluding carboxylic acids is 2. The van der Waals surface area contributed by atoms with Gasteiger partial charge in [-0.05, 0) is 80.0 Å². The Morgan fingerprint density at radius 2 is 1.94 bits per heavy atom. The Morgan fingerprint density at radius 3 is 2.65 bits per heavy atom. The van der Waals surface area contributed by atoms with Gasteiger partial charge < -0.3 is 15.3 Å². The van der Waals surface area contributed by atoms with Crippen molar-refractivity contribution in [1.82, 2.24) is 0 Å². The number of aliphatic carboxylic acids is 1. The summed E-state index contributed by atoms with van der Waals surface area (Å²) in [6.45, 7) is 3.52. The molecule has 5 aliphatic rings. The molecule has 0 aromatic heterocycles. The van der Waals surface area contributed by atoms with Crippen LogP contribution in [0.2, 0.25) is 0 Å². The fourth-order valence-corrected chi connectivity index (χ4v) is 9.32. The number of rotatable bonds is 4. The van der Waals surface area contributed by atoms with E-state index in [9.17, 15) is 29.7 Å². The lowest BCUT2D eigenvalue weighted by atomic mass is 9.43. The van der Waals surface area contributed by atoms with Crippen molar-refractivity contribution >= 4 is 17.5 Å². The van der Waals surface area contributed by atoms with E-state index < -0.39 is 35.3 Å². The van der Waals surface area contributed by atoms with Gasteiger partial charge in [0.25, 0.3) is 0 Å². The Bertz CT molecular complexity index is 1040. The quantitative estimate of drug-likeness (QED) is 0.542. The van der Waals surface area contributed by atoms with Crippen LogP contribution in [-0.2, 0) is 14.4 Å². The van der Waals surface area contributed by atoms with Crippen LogP contribution in [0.1, 0.15) is 71.6 Å². The molecule has 0 spiro atoms. The van der Waals surface area contributed by atoms with Crippen molar-refractivity contribution in [2.24, 2.45) is 34.0 Å². The van der Waals surface area contributed by atoms with E-state index in [-0.39, 0.29) is 46.5 Å². The molecule has 5 rings (SSSR count). The second-order valence-electron chi connectivity index (χ2n) is 11.7. The molecule has 6 heteroatoms. The lowest BCUT2D eigenvalue weighted by molar-refractivity contribution is -0.158. The van der Waals surface area contributed by atoms with Gasteiger partial charge in [0.2, 0.25) is 0 Å². The summed E-state index contributed by atoms with van der Waals surface area (Å²) in [7, 11) is 0. The molecule has 0 aliphatic heterocycles. The number of carboxylic acid groups (broad SMARTS) is 1. The Labute approximate surface area is 200 Å². The molecule has 6 nitrogen and oxygen atoms in total. The molecule has 0 radical (unpaired) electrons. The highest BCUT2D eigenvalue weighted by Crippen LogP contribution is 2.72. The molecular formula is C28H36O6. The Hall–Kier alpha value is -2.05. The zero-order valence-corrected chi connectivity index (χ0v) is 20.2. The number of aliphatic hydroxyl groups excluding tert-OH is 2. The van der Waals surface area contributed by atoms with E-state index in [1.165, 1.54) is 17.7 Å². The molecular weight excluding hydrogens is 432 g/mol. The summed E-state index contributed by atoms with van der Waals surface area (Å²) in [4.78, 5) is 39.1. The van der Waals surface area contributed by atoms with E-state index in [1.54, 1.807) is 0 Å². The predicted molar refractivity (Wildman–Crippen MR) is 126 cm³/mol. The summed E-state index contributed by atoms with van der Waals surface area (Å²) in [6, 6.07) is 0. The molecule has 0 saturated heterocycles. The standard InChI is InChI=1S/C28H36O6/c1-26-12-4-3-6-16(26)9-10-17-19-11-13-28(22(32)15-29,27(19,2)14-21(31)23(17)26)24-18(25(33)34)7-5-8-20(24)30/h5-7,17,19,21,23,29,31H,3-4,8-15H2,1-2H3,(H,33,34). The normalized spacial score (nSPS) is 43.6. The van der Waals surface area contributed by atoms with Crippen LogP contribution in [0.15, 0.2) is 34.9 Å². The second kappa shape index (κ2) is 7.99. The molecule has 0 bridgehead atoms. The minimum atomic E-state index is -1.39. The first-order valence-corrected chi connectivity index (χ1v) is 12.8. The molecule has 7 unspecified atom stereocenters. The summed E-state index contributed by atoms with van der Waals surface area (Å²) in [5, 5.41) is 31.7. The van der Waals surface area contributed by atoms with Gasteiger partial charge in [-0.1, -0.05) is 37.6 Å². The molecule has 3 N–H and O–H groups in total. The zero-order valence-electron chi connectivity index (χ0n) is 20.2. The van der Waals surface area contributed by atoms with E-state index >= 15 is 0 Å². The lowest BCUT2D eigenvalue weighted by Gasteiger charge is -2.61. The Kier molecular flexibility index (Phi) is 5.56. The zero-order chi connectivity index (χ0) is 24.5. The molecule has 34 heavy (non-hydrogen) atoms. The van der Waals surface area contributed by atoms with Crippen molar-refractivity contribution in [1.29, 1.82) is 0 Å². The number of hydrogen-bond donors (Lipinski definition) is 3. The van der Waals surface area contributed by atoms with Crippen LogP contribution in [0.25, 0.3) is 0 Å². The number of allylic oxidation sites excluding steroid dienone is 4. The number of ketones is 2. The number of hydrogen-bond acceptors (Lipinski definition) is 5. The first-order chi connectivity index (χ1) is 16.1. The maximum atomic E-state index is 13.6. The van der Waals surface area contributed by atoms with Crippen LogP contribution >= 0.6 is 0 Å². The molecule has 5 aliphatic carbocycles. The first-order valence-electron chi connectivity index (χ1n) is 12.8. The van der Waals surface area contributed by atoms with Gasteiger partial charge in [0.05, 0.1) is 17.1 Å². The predicted octanol–water partition coefficient (Wildman–Crippen LogP) is 3.77. The van der Waals surface area contributed by atoms with Crippen molar-refractivity contribution in [2.75, 3.05) is 6.61 Å². The number of carbonyl (C=O) groups is 3. The van der Waals surface area contributed by atoms with Gasteiger partial charge in [-0.15, -0.1) is 0 Å². The SMILES string of the molecule is CC12CCCC=C1CCC1C2C(O)CC2(C)C1CCC2(C(=O)CO)C1=C(C(=O)O)C=CCC1=O. The van der Waals surface area contributed by atoms with Gasteiger partial charge in [0.15, 0.2) is 11.6 Å². The summed E-state index contributed by atoms with van der Waals surface area (Å²) in [5.41, 5.74) is -0.860. The van der Waals surface area contributed by atoms with Crippen molar-refractivity contribution < 1.29 is 29.7 Å². The lowest BCUT2D eigenvalue weighted by Crippen LogP contribution is -2.60. The smallest absolute Gasteiger partial charge is 0.336 e. The van der Waals surface area contributed by atoms with E-state index in [1.807, 2.05) is 6.92 Å². The van der Waals surface area contributed by atoms with E-state index in [4.69, 9.17) is 0 Å². The van der Waals surface area contributed by atoms with Crippen molar-refractivity contribution in [3.8, 4) is 0 Å². The molecule has 0 aromatic carbocycles. The Balaban J connectivity index is 1.67. The highest BCUT2D eigenvalue weighted by Gasteiger charge is 2.70. The minimum absolute atomic E-state index is 0.0498. The summed E-state index contributed by atoms with van der Waals surface area (Å²) in [6.07, 6.45) is 11.3. The monoisotopic (exact) mass is 468 g/mol. The minimum Gasteiger partial charge on any atom is -0.478 e. The molecule has 0 amide bonds. The van der Waals surface area contributed by atoms with Crippen LogP contribution in [0.5, 0.6) is 0 Å². The van der Waals surface area contributed by atoms with Crippen molar-refractivity contribution in [3.05, 3.63) is 34.9 Å². The summed E-state index contributed by atoms with van der Waals surface area (Å²) >= 11 is 0. The van der Waals surface area contributed by atoms with E-state index in [2.05, 4.69) is 13.0 Å². The van der Waals surface area contributed by atoms with Gasteiger partial charge in [-0.3, -0.25) is 9.59 Å². The number of fused-ring (bicyclic) bond motifs is 5. The van der Waals surface area contributed by atoms with Gasteiger partial charge in [-0.25, -0.2) is 4.79 Å². The molecule has 184 valence electrons. The maximum absolute atomic E-state index is 13.6. The third-order valence-corrected chi connectivity index (χ3v) is 10.6. The van der Waals surface area contributed by atoms with Crippen LogP contribution in [-0.4, -0.2) is 45.6 Å². The largest absolute Gasteiger partial charge is 0.478 e. The second-order valence-corrected chi connectivity index (χ2v) is 11.7. The fraction of sp³-hybridized carbons (Fsp3) is 0.679. The van der Waals surface area contributed by atoms with Crippen LogP contribution in [0, 0.1) is 34.0 Å². The number of aliphatic hydroxyl groups is 2. The average molecular weight is 469 g/mol. The van der Waals surface area contributed by atoms with Crippen LogP contribution in [0.4, 0.5) is 0 Å². The summed E-state index contributed by atoms with van der Waals surface area (Å²) in [5.74, 6) is -1.69. The van der Waals surface area contributed by atoms with Crippen molar-refractivity contribution in [3.63, 3.8) is 0 Å². The fourth-order valence-electron chi connectivity index (χ4n) is 9.32. The molecule has 0 heterocycles. The van der Waals surface area contributed by atoms with Gasteiger partial charge in [-0.2, -0.15) is 0 Å². The summed E-state index contributed by atoms with van der Waals surface area (Å²) < 4.78 is 0. The highest BCUT2D eigenvalue weighted by atomic mass is 16.4. The maximum Gasteiger partial charge on any atom is 0.336 e. The van der Waals surface area contributed by atoms with Crippen LogP contribution in [0.3, 0.4) is 0 Å². The third-order valence-electron chi connectivity index (χ3n) is 10.6. The van der Waals surface area contributed by atoms with E-state index in [0.717, 1.165) is 32.1 Å². The van der Waals surface area contributed by atoms with Crippen molar-refractivity contribution in [2.45, 2.75) is 77.7 Å². The molecule has 3 fully saturated rings. The number of Topliss-reactive ketones (excluding diaryl/α,β-unsaturated/α-hetero) is 2.